The van der Waals surface area contributed by atoms with E-state index in [0.29, 0.717) is 5.91 Å². The summed E-state index contributed by atoms with van der Waals surface area (Å²) in [7, 11) is 0. The molecule has 0 N–H and O–H groups in total. The van der Waals surface area contributed by atoms with E-state index in [1.807, 2.05) is 0 Å². The zero-order valence-electron chi connectivity index (χ0n) is 39.5. The van der Waals surface area contributed by atoms with Crippen LogP contribution < -0.4 is 0 Å². The van der Waals surface area contributed by atoms with Crippen molar-refractivity contribution in [3.63, 3.8) is 0 Å². The molecular formula is C51H105N4O+3. The van der Waals surface area contributed by atoms with E-state index in [2.05, 4.69) is 39.5 Å². The number of amides is 1. The Balaban J connectivity index is 1.99. The number of rotatable bonds is 41. The first kappa shape index (κ1) is 51.5. The van der Waals surface area contributed by atoms with Gasteiger partial charge < -0.3 is 18.3 Å². The van der Waals surface area contributed by atoms with Crippen LogP contribution in [0.2, 0.25) is 0 Å². The molecule has 0 aromatic rings. The van der Waals surface area contributed by atoms with Gasteiger partial charge in [-0.3, -0.25) is 4.79 Å². The maximum atomic E-state index is 14.1. The lowest BCUT2D eigenvalue weighted by Gasteiger charge is -2.55. The molecule has 5 heteroatoms. The highest BCUT2D eigenvalue weighted by Gasteiger charge is 2.50. The number of carbonyl (C=O) groups excluding carboxylic acids is 1. The first-order valence-corrected chi connectivity index (χ1v) is 26.2. The van der Waals surface area contributed by atoms with E-state index in [1.165, 1.54) is 280 Å². The topological polar surface area (TPSA) is 20.3 Å². The molecule has 0 unspecified atom stereocenters. The molecule has 3 aliphatic rings. The predicted molar refractivity (Wildman–Crippen MR) is 247 cm³/mol. The Hall–Kier alpha value is -0.650. The van der Waals surface area contributed by atoms with Gasteiger partial charge in [-0.05, 0) is 51.4 Å². The van der Waals surface area contributed by atoms with Crippen molar-refractivity contribution < 1.29 is 18.2 Å². The minimum Gasteiger partial charge on any atom is -0.338 e. The molecule has 5 nitrogen and oxygen atoms in total. The third-order valence-electron chi connectivity index (χ3n) is 14.8. The third kappa shape index (κ3) is 22.6. The van der Waals surface area contributed by atoms with Crippen LogP contribution in [-0.2, 0) is 4.79 Å². The van der Waals surface area contributed by atoms with Gasteiger partial charge >= 0.3 is 0 Å². The molecule has 332 valence electrons. The first-order valence-electron chi connectivity index (χ1n) is 26.2. The lowest BCUT2D eigenvalue weighted by atomic mass is 10.0. The Kier molecular flexibility index (Phi) is 30.4. The van der Waals surface area contributed by atoms with Crippen molar-refractivity contribution in [2.45, 2.75) is 234 Å². The molecule has 0 spiro atoms. The lowest BCUT2D eigenvalue weighted by molar-refractivity contribution is -1.08. The number of piperazine rings is 3. The number of quaternary nitrogens is 3. The molecule has 0 saturated carbocycles. The second-order valence-corrected chi connectivity index (χ2v) is 19.7. The molecule has 0 aliphatic carbocycles. The Morgan fingerprint density at radius 3 is 1.02 bits per heavy atom. The Morgan fingerprint density at radius 1 is 0.375 bits per heavy atom. The normalized spacial score (nSPS) is 19.6. The molecule has 0 radical (unpaired) electrons. The van der Waals surface area contributed by atoms with E-state index in [-0.39, 0.29) is 0 Å². The van der Waals surface area contributed by atoms with Crippen LogP contribution in [0.25, 0.3) is 0 Å². The Bertz CT molecular complexity index is 825. The summed E-state index contributed by atoms with van der Waals surface area (Å²) in [6.45, 7) is 29.2. The zero-order chi connectivity index (χ0) is 40.5. The highest BCUT2D eigenvalue weighted by molar-refractivity contribution is 5.77. The van der Waals surface area contributed by atoms with Crippen LogP contribution >= 0.6 is 0 Å². The van der Waals surface area contributed by atoms with Gasteiger partial charge in [0.2, 0.25) is 0 Å². The number of unbranched alkanes of at least 4 members (excludes halogenated alkanes) is 25. The van der Waals surface area contributed by atoms with Gasteiger partial charge in [0.05, 0.1) is 32.7 Å². The number of carbonyl (C=O) groups is 1. The molecule has 3 heterocycles. The largest absolute Gasteiger partial charge is 0.338 e. The summed E-state index contributed by atoms with van der Waals surface area (Å²) >= 11 is 0. The smallest absolute Gasteiger partial charge is 0.277 e. The monoisotopic (exact) mass is 790 g/mol. The third-order valence-corrected chi connectivity index (χ3v) is 14.8. The number of hydrogen-bond acceptors (Lipinski definition) is 1. The molecule has 3 saturated heterocycles. The van der Waals surface area contributed by atoms with Gasteiger partial charge in [-0.25, -0.2) is 0 Å². The minimum atomic E-state index is 0.482. The van der Waals surface area contributed by atoms with Crippen LogP contribution in [0.4, 0.5) is 0 Å². The molecule has 0 aromatic carbocycles. The van der Waals surface area contributed by atoms with E-state index < -0.39 is 0 Å². The summed E-state index contributed by atoms with van der Waals surface area (Å²) in [5.41, 5.74) is 0. The number of hydrogen-bond donors (Lipinski definition) is 0. The molecule has 2 bridgehead atoms. The van der Waals surface area contributed by atoms with Gasteiger partial charge in [-0.2, -0.15) is 0 Å². The lowest BCUT2D eigenvalue weighted by Crippen LogP contribution is -2.76. The van der Waals surface area contributed by atoms with Crippen LogP contribution in [-0.4, -0.2) is 116 Å². The van der Waals surface area contributed by atoms with E-state index in [0.717, 1.165) is 24.1 Å². The average molecular weight is 790 g/mol. The van der Waals surface area contributed by atoms with Gasteiger partial charge in [0.15, 0.2) is 6.54 Å². The van der Waals surface area contributed by atoms with Crippen molar-refractivity contribution in [3.8, 4) is 0 Å². The summed E-state index contributed by atoms with van der Waals surface area (Å²) in [5.74, 6) is 0.482. The predicted octanol–water partition coefficient (Wildman–Crippen LogP) is 13.5. The molecule has 3 rings (SSSR count). The SMILES string of the molecule is CCCCCCCCN(CCCCCCCC)C(=O)C[N+]12CC[N+](CCC[N+](CCCCCCCC)(CCCCCCCC)CCCCCCCC)(CC1)CC2. The fourth-order valence-electron chi connectivity index (χ4n) is 10.5. The standard InChI is InChI=1S/C51H105N4O/c1-6-11-16-21-26-31-37-52(38-32-27-22-17-12-7-2)51(56)50-55-47-44-54(45-48-55,46-49-55)43-36-42-53(39-33-28-23-18-13-8-3,40-34-29-24-19-14-9-4)41-35-30-25-20-15-10-5/h6-50H2,1-5H3/q+3. The molecule has 56 heavy (non-hydrogen) atoms. The quantitative estimate of drug-likeness (QED) is 0.0446. The zero-order valence-corrected chi connectivity index (χ0v) is 39.5. The van der Waals surface area contributed by atoms with Gasteiger partial charge in [0.25, 0.3) is 5.91 Å². The average Bonchev–Trinajstić information content (AvgIpc) is 3.21. The molecule has 3 aliphatic heterocycles. The molecule has 0 atom stereocenters. The van der Waals surface area contributed by atoms with Crippen molar-refractivity contribution in [3.05, 3.63) is 0 Å². The van der Waals surface area contributed by atoms with Gasteiger partial charge in [0.1, 0.15) is 39.3 Å². The fraction of sp³-hybridized carbons (Fsp3) is 0.980. The van der Waals surface area contributed by atoms with Crippen LogP contribution in [0, 0.1) is 0 Å². The molecular weight excluding hydrogens is 685 g/mol. The molecule has 1 amide bonds. The van der Waals surface area contributed by atoms with Crippen molar-refractivity contribution >= 4 is 5.91 Å². The van der Waals surface area contributed by atoms with Crippen molar-refractivity contribution in [1.29, 1.82) is 0 Å². The minimum absolute atomic E-state index is 0.482. The molecule has 0 aromatic heterocycles. The van der Waals surface area contributed by atoms with Crippen LogP contribution in [0.3, 0.4) is 0 Å². The summed E-state index contributed by atoms with van der Waals surface area (Å²) < 4.78 is 3.88. The first-order chi connectivity index (χ1) is 27.4. The highest BCUT2D eigenvalue weighted by atomic mass is 16.2. The summed E-state index contributed by atoms with van der Waals surface area (Å²) in [6.07, 6.45) is 42.7. The van der Waals surface area contributed by atoms with E-state index >= 15 is 0 Å². The Morgan fingerprint density at radius 2 is 0.661 bits per heavy atom. The van der Waals surface area contributed by atoms with E-state index in [4.69, 9.17) is 0 Å². The maximum absolute atomic E-state index is 14.1. The number of nitrogens with zero attached hydrogens (tertiary/aromatic N) is 4. The summed E-state index contributed by atoms with van der Waals surface area (Å²) in [6, 6.07) is 0. The van der Waals surface area contributed by atoms with Crippen molar-refractivity contribution in [2.75, 3.05) is 91.6 Å². The van der Waals surface area contributed by atoms with Crippen LogP contribution in [0.5, 0.6) is 0 Å². The second kappa shape index (κ2) is 33.1. The fourth-order valence-corrected chi connectivity index (χ4v) is 10.5. The molecule has 3 fully saturated rings. The van der Waals surface area contributed by atoms with Gasteiger partial charge in [-0.15, -0.1) is 0 Å². The summed E-state index contributed by atoms with van der Waals surface area (Å²) in [5, 5.41) is 0. The maximum Gasteiger partial charge on any atom is 0.277 e. The van der Waals surface area contributed by atoms with Crippen LogP contribution in [0.1, 0.15) is 234 Å². The highest BCUT2D eigenvalue weighted by Crippen LogP contribution is 2.28. The van der Waals surface area contributed by atoms with Crippen molar-refractivity contribution in [2.24, 2.45) is 0 Å². The van der Waals surface area contributed by atoms with Gasteiger partial charge in [0, 0.05) is 19.5 Å². The van der Waals surface area contributed by atoms with Crippen molar-refractivity contribution in [1.82, 2.24) is 4.90 Å². The summed E-state index contributed by atoms with van der Waals surface area (Å²) in [4.78, 5) is 16.4. The second-order valence-electron chi connectivity index (χ2n) is 19.7. The van der Waals surface area contributed by atoms with E-state index in [1.54, 1.807) is 0 Å². The number of fused-ring (bicyclic) bond motifs is 3. The Labute approximate surface area is 353 Å². The van der Waals surface area contributed by atoms with Crippen LogP contribution in [0.15, 0.2) is 0 Å². The van der Waals surface area contributed by atoms with E-state index in [9.17, 15) is 4.79 Å². The van der Waals surface area contributed by atoms with Gasteiger partial charge in [-0.1, -0.05) is 176 Å².